The third kappa shape index (κ3) is 5.52. The van der Waals surface area contributed by atoms with Gasteiger partial charge in [-0.25, -0.2) is 9.98 Å². The lowest BCUT2D eigenvalue weighted by atomic mass is 10.3. The summed E-state index contributed by atoms with van der Waals surface area (Å²) in [5.74, 6) is -0.948. The van der Waals surface area contributed by atoms with Crippen LogP contribution in [0.4, 0.5) is 18.9 Å². The first kappa shape index (κ1) is 20.9. The van der Waals surface area contributed by atoms with E-state index in [0.29, 0.717) is 12.3 Å². The molecule has 0 aliphatic carbocycles. The van der Waals surface area contributed by atoms with Gasteiger partial charge in [-0.3, -0.25) is 0 Å². The molecule has 6 N–H and O–H groups in total. The van der Waals surface area contributed by atoms with Crippen LogP contribution in [0.1, 0.15) is 5.56 Å². The third-order valence-electron chi connectivity index (χ3n) is 2.80. The Balaban J connectivity index is 2.34. The highest BCUT2D eigenvalue weighted by Crippen LogP contribution is 2.41. The molecule has 0 fully saturated rings. The minimum absolute atomic E-state index is 0.0310. The van der Waals surface area contributed by atoms with E-state index in [9.17, 15) is 13.2 Å². The van der Waals surface area contributed by atoms with E-state index in [1.54, 1.807) is 0 Å². The summed E-state index contributed by atoms with van der Waals surface area (Å²) in [5, 5.41) is -0.441. The first-order valence-electron chi connectivity index (χ1n) is 6.81. The van der Waals surface area contributed by atoms with Gasteiger partial charge in [-0.15, -0.1) is 0 Å². The van der Waals surface area contributed by atoms with E-state index in [0.717, 1.165) is 0 Å². The predicted molar refractivity (Wildman–Crippen MR) is 97.9 cm³/mol. The number of hydrogen-bond donors (Lipinski definition) is 3. The number of halogens is 6. The predicted octanol–water partition coefficient (Wildman–Crippen LogP) is 4.07. The minimum Gasteiger partial charge on any atom is -0.434 e. The first-order valence-corrected chi connectivity index (χ1v) is 7.94. The number of benzene rings is 1. The smallest absolute Gasteiger partial charge is 0.417 e. The normalized spacial score (nSPS) is 12.0. The molecule has 1 aromatic heterocycles. The Morgan fingerprint density at radius 2 is 1.59 bits per heavy atom. The van der Waals surface area contributed by atoms with Crippen LogP contribution in [-0.4, -0.2) is 16.9 Å². The Labute approximate surface area is 165 Å². The molecule has 0 radical (unpaired) electrons. The van der Waals surface area contributed by atoms with Crippen molar-refractivity contribution < 1.29 is 17.9 Å². The summed E-state index contributed by atoms with van der Waals surface area (Å²) in [6, 6.07) is 3.30. The zero-order valence-corrected chi connectivity index (χ0v) is 15.3. The molecule has 144 valence electrons. The molecule has 0 bridgehead atoms. The summed E-state index contributed by atoms with van der Waals surface area (Å²) in [6.45, 7) is 0. The summed E-state index contributed by atoms with van der Waals surface area (Å²) >= 11 is 17.9. The fraction of sp³-hybridized carbons (Fsp3) is 0.0714. The van der Waals surface area contributed by atoms with Crippen molar-refractivity contribution in [3.05, 3.63) is 45.0 Å². The van der Waals surface area contributed by atoms with Crippen LogP contribution >= 0.6 is 34.8 Å². The van der Waals surface area contributed by atoms with Crippen LogP contribution in [0, 0.1) is 0 Å². The molecule has 0 spiro atoms. The molecule has 1 aromatic carbocycles. The number of ether oxygens (including phenoxy) is 1. The monoisotopic (exact) mass is 440 g/mol. The number of aromatic nitrogens is 1. The zero-order valence-electron chi connectivity index (χ0n) is 13.1. The molecule has 0 amide bonds. The highest BCUT2D eigenvalue weighted by atomic mass is 35.5. The molecule has 2 aromatic rings. The lowest BCUT2D eigenvalue weighted by Crippen LogP contribution is -2.26. The van der Waals surface area contributed by atoms with E-state index in [1.165, 1.54) is 12.1 Å². The van der Waals surface area contributed by atoms with E-state index in [1.807, 2.05) is 0 Å². The fourth-order valence-corrected chi connectivity index (χ4v) is 2.51. The van der Waals surface area contributed by atoms with Gasteiger partial charge in [0.15, 0.2) is 11.7 Å². The Kier molecular flexibility index (Phi) is 6.24. The van der Waals surface area contributed by atoms with E-state index in [-0.39, 0.29) is 44.3 Å². The molecule has 0 saturated heterocycles. The van der Waals surface area contributed by atoms with Crippen LogP contribution in [0.5, 0.6) is 11.6 Å². The molecule has 0 unspecified atom stereocenters. The van der Waals surface area contributed by atoms with E-state index < -0.39 is 11.7 Å². The SMILES string of the molecule is NC(N)=NC(N)=Nc1cc(Cl)c(Oc2ncc(C(F)(F)F)cc2Cl)c(Cl)c1. The number of nitrogens with two attached hydrogens (primary N) is 3. The summed E-state index contributed by atoms with van der Waals surface area (Å²) in [5.41, 5.74) is 15.0. The summed E-state index contributed by atoms with van der Waals surface area (Å²) in [6.07, 6.45) is -4.03. The van der Waals surface area contributed by atoms with E-state index in [2.05, 4.69) is 15.0 Å². The second-order valence-corrected chi connectivity index (χ2v) is 6.08. The molecular weight excluding hydrogens is 432 g/mol. The van der Waals surface area contributed by atoms with Crippen molar-refractivity contribution in [3.8, 4) is 11.6 Å². The highest BCUT2D eigenvalue weighted by Gasteiger charge is 2.32. The lowest BCUT2D eigenvalue weighted by molar-refractivity contribution is -0.137. The van der Waals surface area contributed by atoms with Gasteiger partial charge in [0.1, 0.15) is 5.02 Å². The molecule has 7 nitrogen and oxygen atoms in total. The molecule has 27 heavy (non-hydrogen) atoms. The van der Waals surface area contributed by atoms with Gasteiger partial charge in [-0.05, 0) is 18.2 Å². The van der Waals surface area contributed by atoms with Crippen molar-refractivity contribution in [3.63, 3.8) is 0 Å². The highest BCUT2D eigenvalue weighted by molar-refractivity contribution is 6.37. The molecule has 2 rings (SSSR count). The molecule has 0 atom stereocenters. The zero-order chi connectivity index (χ0) is 20.4. The van der Waals surface area contributed by atoms with Crippen molar-refractivity contribution in [2.75, 3.05) is 0 Å². The van der Waals surface area contributed by atoms with Gasteiger partial charge in [0.25, 0.3) is 0 Å². The second kappa shape index (κ2) is 8.07. The minimum atomic E-state index is -4.60. The van der Waals surface area contributed by atoms with Gasteiger partial charge in [-0.2, -0.15) is 18.2 Å². The number of nitrogens with zero attached hydrogens (tertiary/aromatic N) is 3. The van der Waals surface area contributed by atoms with Crippen molar-refractivity contribution in [1.29, 1.82) is 0 Å². The Morgan fingerprint density at radius 1 is 1.00 bits per heavy atom. The van der Waals surface area contributed by atoms with E-state index >= 15 is 0 Å². The lowest BCUT2D eigenvalue weighted by Gasteiger charge is -2.12. The van der Waals surface area contributed by atoms with Crippen LogP contribution in [-0.2, 0) is 6.18 Å². The molecule has 1 heterocycles. The Hall–Kier alpha value is -2.43. The van der Waals surface area contributed by atoms with Gasteiger partial charge >= 0.3 is 6.18 Å². The molecule has 0 aliphatic rings. The average molecular weight is 442 g/mol. The maximum absolute atomic E-state index is 12.7. The summed E-state index contributed by atoms with van der Waals surface area (Å²) in [4.78, 5) is 10.9. The largest absolute Gasteiger partial charge is 0.434 e. The number of pyridine rings is 1. The quantitative estimate of drug-likeness (QED) is 0.489. The van der Waals surface area contributed by atoms with Crippen molar-refractivity contribution >= 4 is 52.4 Å². The van der Waals surface area contributed by atoms with E-state index in [4.69, 9.17) is 56.7 Å². The van der Waals surface area contributed by atoms with Gasteiger partial charge < -0.3 is 21.9 Å². The van der Waals surface area contributed by atoms with Crippen molar-refractivity contribution in [2.24, 2.45) is 27.2 Å². The first-order chi connectivity index (χ1) is 12.5. The number of aliphatic imine (C=N–C) groups is 2. The van der Waals surface area contributed by atoms with Crippen LogP contribution in [0.3, 0.4) is 0 Å². The number of hydrogen-bond acceptors (Lipinski definition) is 3. The Bertz CT molecular complexity index is 906. The standard InChI is InChI=1S/C14H10Cl3F3N6O/c15-7-2-6(25-13(23)26-12(21)22)3-8(16)10(7)27-11-9(17)1-5(4-24-11)14(18,19)20/h1-4H,(H6,21,22,23,25,26). The van der Waals surface area contributed by atoms with Crippen LogP contribution in [0.25, 0.3) is 0 Å². The maximum atomic E-state index is 12.7. The van der Waals surface area contributed by atoms with Gasteiger partial charge in [0, 0.05) is 6.20 Å². The summed E-state index contributed by atoms with van der Waals surface area (Å²) < 4.78 is 43.3. The number of rotatable bonds is 3. The second-order valence-electron chi connectivity index (χ2n) is 4.86. The average Bonchev–Trinajstić information content (AvgIpc) is 2.50. The fourth-order valence-electron chi connectivity index (χ4n) is 1.75. The molecule has 0 aliphatic heterocycles. The topological polar surface area (TPSA) is 125 Å². The van der Waals surface area contributed by atoms with Crippen LogP contribution in [0.15, 0.2) is 34.4 Å². The molecule has 0 saturated carbocycles. The van der Waals surface area contributed by atoms with Gasteiger partial charge in [0.2, 0.25) is 11.8 Å². The van der Waals surface area contributed by atoms with Crippen LogP contribution < -0.4 is 21.9 Å². The maximum Gasteiger partial charge on any atom is 0.417 e. The van der Waals surface area contributed by atoms with Gasteiger partial charge in [0.05, 0.1) is 21.3 Å². The molecule has 13 heteroatoms. The summed E-state index contributed by atoms with van der Waals surface area (Å²) in [7, 11) is 0. The molecular formula is C14H10Cl3F3N6O. The Morgan fingerprint density at radius 3 is 2.07 bits per heavy atom. The number of guanidine groups is 2. The third-order valence-corrected chi connectivity index (χ3v) is 3.64. The van der Waals surface area contributed by atoms with Crippen LogP contribution in [0.2, 0.25) is 15.1 Å². The number of alkyl halides is 3. The van der Waals surface area contributed by atoms with Crippen molar-refractivity contribution in [2.45, 2.75) is 6.18 Å². The van der Waals surface area contributed by atoms with Crippen molar-refractivity contribution in [1.82, 2.24) is 4.98 Å². The van der Waals surface area contributed by atoms with Gasteiger partial charge in [-0.1, -0.05) is 34.8 Å².